The predicted molar refractivity (Wildman–Crippen MR) is 86.0 cm³/mol. The molecule has 5 heteroatoms. The van der Waals surface area contributed by atoms with Crippen LogP contribution < -0.4 is 10.6 Å². The molecule has 2 N–H and O–H groups in total. The van der Waals surface area contributed by atoms with Gasteiger partial charge >= 0.3 is 6.09 Å². The van der Waals surface area contributed by atoms with Crippen LogP contribution in [-0.4, -0.2) is 11.7 Å². The van der Waals surface area contributed by atoms with E-state index in [4.69, 9.17) is 4.74 Å². The SMILES string of the molecule is CC(C)(C)OC(=O)Nc1ccc(Nc2cccc(F)c2)cc1. The van der Waals surface area contributed by atoms with Crippen LogP contribution in [0.15, 0.2) is 48.5 Å². The smallest absolute Gasteiger partial charge is 0.412 e. The van der Waals surface area contributed by atoms with Crippen molar-refractivity contribution in [2.75, 3.05) is 10.6 Å². The molecule has 0 unspecified atom stereocenters. The molecule has 0 aliphatic heterocycles. The van der Waals surface area contributed by atoms with Crippen LogP contribution in [-0.2, 0) is 4.74 Å². The maximum atomic E-state index is 13.1. The first-order valence-electron chi connectivity index (χ1n) is 6.94. The number of benzene rings is 2. The molecule has 0 saturated carbocycles. The third-order valence-electron chi connectivity index (χ3n) is 2.64. The highest BCUT2D eigenvalue weighted by Gasteiger charge is 2.15. The lowest BCUT2D eigenvalue weighted by Crippen LogP contribution is -2.27. The molecule has 2 rings (SSSR count). The summed E-state index contributed by atoms with van der Waals surface area (Å²) in [5, 5.41) is 5.73. The summed E-state index contributed by atoms with van der Waals surface area (Å²) in [6.45, 7) is 5.41. The first-order chi connectivity index (χ1) is 10.3. The van der Waals surface area contributed by atoms with E-state index >= 15 is 0 Å². The number of halogens is 1. The van der Waals surface area contributed by atoms with Crippen molar-refractivity contribution in [1.29, 1.82) is 0 Å². The van der Waals surface area contributed by atoms with Crippen molar-refractivity contribution >= 4 is 23.2 Å². The van der Waals surface area contributed by atoms with Gasteiger partial charge in [-0.15, -0.1) is 0 Å². The Morgan fingerprint density at radius 1 is 1.00 bits per heavy atom. The molecule has 0 aromatic heterocycles. The van der Waals surface area contributed by atoms with E-state index in [1.54, 1.807) is 57.2 Å². The predicted octanol–water partition coefficient (Wildman–Crippen LogP) is 4.92. The molecule has 2 aromatic carbocycles. The van der Waals surface area contributed by atoms with Crippen LogP contribution in [0.2, 0.25) is 0 Å². The molecule has 0 bridgehead atoms. The lowest BCUT2D eigenvalue weighted by atomic mass is 10.2. The molecule has 116 valence electrons. The molecule has 0 spiro atoms. The number of carbonyl (C=O) groups excluding carboxylic acids is 1. The minimum absolute atomic E-state index is 0.298. The van der Waals surface area contributed by atoms with Crippen LogP contribution >= 0.6 is 0 Å². The normalized spacial score (nSPS) is 10.9. The monoisotopic (exact) mass is 302 g/mol. The molecule has 1 amide bonds. The molecule has 0 heterocycles. The van der Waals surface area contributed by atoms with Crippen LogP contribution in [0.1, 0.15) is 20.8 Å². The summed E-state index contributed by atoms with van der Waals surface area (Å²) < 4.78 is 18.3. The Balaban J connectivity index is 1.97. The average molecular weight is 302 g/mol. The third kappa shape index (κ3) is 5.09. The van der Waals surface area contributed by atoms with Gasteiger partial charge in [0, 0.05) is 17.1 Å². The van der Waals surface area contributed by atoms with Crippen LogP contribution in [0, 0.1) is 5.82 Å². The molecule has 0 atom stereocenters. The first-order valence-corrected chi connectivity index (χ1v) is 6.94. The Hall–Kier alpha value is -2.56. The topological polar surface area (TPSA) is 50.4 Å². The fourth-order valence-electron chi connectivity index (χ4n) is 1.79. The Morgan fingerprint density at radius 2 is 1.64 bits per heavy atom. The van der Waals surface area contributed by atoms with Gasteiger partial charge < -0.3 is 10.1 Å². The lowest BCUT2D eigenvalue weighted by Gasteiger charge is -2.19. The van der Waals surface area contributed by atoms with Crippen molar-refractivity contribution in [1.82, 2.24) is 0 Å². The van der Waals surface area contributed by atoms with Gasteiger partial charge in [0.15, 0.2) is 0 Å². The van der Waals surface area contributed by atoms with Gasteiger partial charge in [0.25, 0.3) is 0 Å². The van der Waals surface area contributed by atoms with E-state index < -0.39 is 11.7 Å². The van der Waals surface area contributed by atoms with Crippen molar-refractivity contribution < 1.29 is 13.9 Å². The standard InChI is InChI=1S/C17H19FN2O2/c1-17(2,3)22-16(21)20-14-9-7-13(8-10-14)19-15-6-4-5-12(18)11-15/h4-11,19H,1-3H3,(H,20,21). The van der Waals surface area contributed by atoms with E-state index in [0.29, 0.717) is 11.4 Å². The van der Waals surface area contributed by atoms with Gasteiger partial charge in [-0.25, -0.2) is 9.18 Å². The second-order valence-electron chi connectivity index (χ2n) is 5.84. The summed E-state index contributed by atoms with van der Waals surface area (Å²) in [5.41, 5.74) is 1.54. The van der Waals surface area contributed by atoms with E-state index in [0.717, 1.165) is 5.69 Å². The Kier molecular flexibility index (Phi) is 4.65. The number of nitrogens with one attached hydrogen (secondary N) is 2. The third-order valence-corrected chi connectivity index (χ3v) is 2.64. The summed E-state index contributed by atoms with van der Waals surface area (Å²) in [5.74, 6) is -0.298. The highest BCUT2D eigenvalue weighted by molar-refractivity contribution is 5.85. The minimum atomic E-state index is -0.539. The van der Waals surface area contributed by atoms with E-state index in [-0.39, 0.29) is 5.82 Å². The lowest BCUT2D eigenvalue weighted by molar-refractivity contribution is 0.0636. The van der Waals surface area contributed by atoms with Crippen molar-refractivity contribution in [3.8, 4) is 0 Å². The molecule has 0 fully saturated rings. The highest BCUT2D eigenvalue weighted by atomic mass is 19.1. The fraction of sp³-hybridized carbons (Fsp3) is 0.235. The van der Waals surface area contributed by atoms with E-state index in [9.17, 15) is 9.18 Å². The second-order valence-corrected chi connectivity index (χ2v) is 5.84. The molecule has 0 saturated heterocycles. The second kappa shape index (κ2) is 6.47. The maximum Gasteiger partial charge on any atom is 0.412 e. The van der Waals surface area contributed by atoms with Crippen LogP contribution in [0.25, 0.3) is 0 Å². The van der Waals surface area contributed by atoms with Crippen LogP contribution in [0.5, 0.6) is 0 Å². The van der Waals surface area contributed by atoms with Gasteiger partial charge in [0.2, 0.25) is 0 Å². The summed E-state index contributed by atoms with van der Waals surface area (Å²) in [4.78, 5) is 11.7. The number of hydrogen-bond acceptors (Lipinski definition) is 3. The molecule has 0 aliphatic carbocycles. The van der Waals surface area contributed by atoms with E-state index in [2.05, 4.69) is 10.6 Å². The summed E-state index contributed by atoms with van der Waals surface area (Å²) in [7, 11) is 0. The van der Waals surface area contributed by atoms with Gasteiger partial charge in [-0.2, -0.15) is 0 Å². The average Bonchev–Trinajstić information content (AvgIpc) is 2.39. The van der Waals surface area contributed by atoms with Crippen LogP contribution in [0.3, 0.4) is 0 Å². The van der Waals surface area contributed by atoms with E-state index in [1.807, 2.05) is 0 Å². The molecule has 22 heavy (non-hydrogen) atoms. The Labute approximate surface area is 129 Å². The minimum Gasteiger partial charge on any atom is -0.444 e. The number of anilines is 3. The Morgan fingerprint density at radius 3 is 2.23 bits per heavy atom. The van der Waals surface area contributed by atoms with E-state index in [1.165, 1.54) is 12.1 Å². The number of hydrogen-bond donors (Lipinski definition) is 2. The Bertz CT molecular complexity index is 648. The van der Waals surface area contributed by atoms with Gasteiger partial charge in [0.1, 0.15) is 11.4 Å². The highest BCUT2D eigenvalue weighted by Crippen LogP contribution is 2.20. The van der Waals surface area contributed by atoms with Crippen LogP contribution in [0.4, 0.5) is 26.2 Å². The van der Waals surface area contributed by atoms with Gasteiger partial charge in [0.05, 0.1) is 0 Å². The zero-order valence-corrected chi connectivity index (χ0v) is 12.8. The van der Waals surface area contributed by atoms with Gasteiger partial charge in [-0.05, 0) is 63.2 Å². The summed E-state index contributed by atoms with van der Waals surface area (Å²) in [6, 6.07) is 13.3. The van der Waals surface area contributed by atoms with Gasteiger partial charge in [-0.3, -0.25) is 5.32 Å². The molecular weight excluding hydrogens is 283 g/mol. The molecule has 0 aliphatic rings. The molecular formula is C17H19FN2O2. The summed E-state index contributed by atoms with van der Waals surface area (Å²) >= 11 is 0. The maximum absolute atomic E-state index is 13.1. The van der Waals surface area contributed by atoms with Crippen molar-refractivity contribution in [3.63, 3.8) is 0 Å². The number of rotatable bonds is 3. The molecule has 2 aromatic rings. The fourth-order valence-corrected chi connectivity index (χ4v) is 1.79. The zero-order valence-electron chi connectivity index (χ0n) is 12.8. The largest absolute Gasteiger partial charge is 0.444 e. The van der Waals surface area contributed by atoms with Gasteiger partial charge in [-0.1, -0.05) is 6.07 Å². The number of ether oxygens (including phenoxy) is 1. The van der Waals surface area contributed by atoms with Crippen molar-refractivity contribution in [2.24, 2.45) is 0 Å². The number of amides is 1. The summed E-state index contributed by atoms with van der Waals surface area (Å²) in [6.07, 6.45) is -0.502. The zero-order chi connectivity index (χ0) is 16.2. The van der Waals surface area contributed by atoms with Crippen molar-refractivity contribution in [2.45, 2.75) is 26.4 Å². The molecule has 0 radical (unpaired) electrons. The quantitative estimate of drug-likeness (QED) is 0.846. The van der Waals surface area contributed by atoms with Crippen molar-refractivity contribution in [3.05, 3.63) is 54.3 Å². The first kappa shape index (κ1) is 15.8. The molecule has 4 nitrogen and oxygen atoms in total. The number of carbonyl (C=O) groups is 1.